The van der Waals surface area contributed by atoms with Gasteiger partial charge in [0.2, 0.25) is 6.79 Å². The van der Waals surface area contributed by atoms with Crippen LogP contribution in [0.15, 0.2) is 36.4 Å². The second kappa shape index (κ2) is 7.39. The maximum atomic E-state index is 12.3. The largest absolute Gasteiger partial charge is 0.493 e. The smallest absolute Gasteiger partial charge is 0.309 e. The van der Waals surface area contributed by atoms with Gasteiger partial charge in [0.15, 0.2) is 23.0 Å². The van der Waals surface area contributed by atoms with Crippen LogP contribution in [0, 0.1) is 11.8 Å². The molecule has 0 aliphatic carbocycles. The standard InChI is InChI=1S/C21H22O6/c1-23-17-5-3-14(9-19(17)24-2)8-16-15(11-25-21(16)22)7-13-4-6-18-20(10-13)27-12-26-18/h3-6,9-10,15-16H,7-8,11-12H2,1-2H3. The maximum Gasteiger partial charge on any atom is 0.309 e. The van der Waals surface area contributed by atoms with Gasteiger partial charge in [-0.1, -0.05) is 12.1 Å². The van der Waals surface area contributed by atoms with E-state index in [4.69, 9.17) is 23.7 Å². The minimum Gasteiger partial charge on any atom is -0.493 e. The normalized spacial score (nSPS) is 20.4. The van der Waals surface area contributed by atoms with Crippen molar-refractivity contribution in [2.75, 3.05) is 27.6 Å². The van der Waals surface area contributed by atoms with Gasteiger partial charge in [-0.05, 0) is 48.2 Å². The van der Waals surface area contributed by atoms with Gasteiger partial charge in [-0.25, -0.2) is 0 Å². The molecule has 0 spiro atoms. The summed E-state index contributed by atoms with van der Waals surface area (Å²) in [6, 6.07) is 11.7. The lowest BCUT2D eigenvalue weighted by Crippen LogP contribution is -2.20. The summed E-state index contributed by atoms with van der Waals surface area (Å²) in [5.74, 6) is 2.64. The topological polar surface area (TPSA) is 63.2 Å². The van der Waals surface area contributed by atoms with E-state index in [1.807, 2.05) is 36.4 Å². The van der Waals surface area contributed by atoms with Crippen molar-refractivity contribution in [3.63, 3.8) is 0 Å². The average Bonchev–Trinajstić information content (AvgIpc) is 3.29. The van der Waals surface area contributed by atoms with E-state index in [1.165, 1.54) is 0 Å². The Morgan fingerprint density at radius 3 is 2.44 bits per heavy atom. The number of rotatable bonds is 6. The summed E-state index contributed by atoms with van der Waals surface area (Å²) in [6.07, 6.45) is 1.36. The molecule has 27 heavy (non-hydrogen) atoms. The molecule has 2 aromatic carbocycles. The molecule has 0 bridgehead atoms. The van der Waals surface area contributed by atoms with Gasteiger partial charge in [0.05, 0.1) is 26.7 Å². The number of fused-ring (bicyclic) bond motifs is 1. The maximum absolute atomic E-state index is 12.3. The van der Waals surface area contributed by atoms with Crippen LogP contribution in [0.3, 0.4) is 0 Å². The van der Waals surface area contributed by atoms with Crippen LogP contribution in [0.4, 0.5) is 0 Å². The van der Waals surface area contributed by atoms with E-state index in [-0.39, 0.29) is 24.6 Å². The molecule has 4 rings (SSSR count). The van der Waals surface area contributed by atoms with Gasteiger partial charge in [-0.15, -0.1) is 0 Å². The van der Waals surface area contributed by atoms with Crippen LogP contribution in [0.25, 0.3) is 0 Å². The fourth-order valence-corrected chi connectivity index (χ4v) is 3.69. The highest BCUT2D eigenvalue weighted by Crippen LogP contribution is 2.36. The number of ether oxygens (including phenoxy) is 5. The van der Waals surface area contributed by atoms with Crippen LogP contribution in [0.5, 0.6) is 23.0 Å². The fraction of sp³-hybridized carbons (Fsp3) is 0.381. The molecule has 6 heteroatoms. The number of carbonyl (C=O) groups excluding carboxylic acids is 1. The summed E-state index contributed by atoms with van der Waals surface area (Å²) in [4.78, 5) is 12.3. The van der Waals surface area contributed by atoms with Crippen LogP contribution in [0.2, 0.25) is 0 Å². The van der Waals surface area contributed by atoms with Crippen molar-refractivity contribution in [1.82, 2.24) is 0 Å². The molecule has 2 heterocycles. The third-order valence-corrected chi connectivity index (χ3v) is 5.15. The monoisotopic (exact) mass is 370 g/mol. The zero-order chi connectivity index (χ0) is 18.8. The lowest BCUT2D eigenvalue weighted by molar-refractivity contribution is -0.141. The van der Waals surface area contributed by atoms with E-state index >= 15 is 0 Å². The number of benzene rings is 2. The fourth-order valence-electron chi connectivity index (χ4n) is 3.69. The molecule has 0 aromatic heterocycles. The number of methoxy groups -OCH3 is 2. The second-order valence-electron chi connectivity index (χ2n) is 6.78. The predicted molar refractivity (Wildman–Crippen MR) is 97.5 cm³/mol. The Morgan fingerprint density at radius 1 is 0.889 bits per heavy atom. The third-order valence-electron chi connectivity index (χ3n) is 5.15. The van der Waals surface area contributed by atoms with Crippen molar-refractivity contribution in [2.45, 2.75) is 12.8 Å². The molecule has 2 atom stereocenters. The average molecular weight is 370 g/mol. The van der Waals surface area contributed by atoms with Crippen molar-refractivity contribution in [1.29, 1.82) is 0 Å². The summed E-state index contributed by atoms with van der Waals surface area (Å²) >= 11 is 0. The highest BCUT2D eigenvalue weighted by molar-refractivity contribution is 5.75. The lowest BCUT2D eigenvalue weighted by atomic mass is 9.85. The lowest BCUT2D eigenvalue weighted by Gasteiger charge is -2.16. The number of cyclic esters (lactones) is 1. The minimum absolute atomic E-state index is 0.117. The van der Waals surface area contributed by atoms with Gasteiger partial charge in [-0.2, -0.15) is 0 Å². The molecule has 6 nitrogen and oxygen atoms in total. The first kappa shape index (κ1) is 17.5. The Morgan fingerprint density at radius 2 is 1.63 bits per heavy atom. The van der Waals surface area contributed by atoms with Gasteiger partial charge in [0, 0.05) is 5.92 Å². The molecule has 0 amide bonds. The van der Waals surface area contributed by atoms with E-state index in [0.717, 1.165) is 29.0 Å². The Kier molecular flexibility index (Phi) is 4.79. The van der Waals surface area contributed by atoms with Gasteiger partial charge in [-0.3, -0.25) is 4.79 Å². The van der Waals surface area contributed by atoms with Gasteiger partial charge in [0.25, 0.3) is 0 Å². The second-order valence-corrected chi connectivity index (χ2v) is 6.78. The molecule has 1 fully saturated rings. The van der Waals surface area contributed by atoms with Crippen LogP contribution in [-0.2, 0) is 22.4 Å². The number of carbonyl (C=O) groups is 1. The zero-order valence-corrected chi connectivity index (χ0v) is 15.4. The SMILES string of the molecule is COc1ccc(CC2C(=O)OCC2Cc2ccc3c(c2)OCO3)cc1OC. The Balaban J connectivity index is 1.50. The first-order chi connectivity index (χ1) is 13.2. The van der Waals surface area contributed by atoms with Crippen molar-refractivity contribution < 1.29 is 28.5 Å². The molecule has 0 saturated carbocycles. The van der Waals surface area contributed by atoms with Crippen molar-refractivity contribution in [3.8, 4) is 23.0 Å². The molecule has 2 aromatic rings. The van der Waals surface area contributed by atoms with Crippen molar-refractivity contribution in [3.05, 3.63) is 47.5 Å². The van der Waals surface area contributed by atoms with Crippen LogP contribution in [0.1, 0.15) is 11.1 Å². The Labute approximate surface area is 157 Å². The molecular weight excluding hydrogens is 348 g/mol. The van der Waals surface area contributed by atoms with Crippen molar-refractivity contribution >= 4 is 5.97 Å². The third kappa shape index (κ3) is 3.52. The molecule has 2 aliphatic rings. The Hall–Kier alpha value is -2.89. The van der Waals surface area contributed by atoms with E-state index in [1.54, 1.807) is 14.2 Å². The molecule has 2 unspecified atom stereocenters. The van der Waals surface area contributed by atoms with E-state index in [9.17, 15) is 4.79 Å². The molecule has 1 saturated heterocycles. The van der Waals surface area contributed by atoms with Gasteiger partial charge >= 0.3 is 5.97 Å². The molecule has 142 valence electrons. The summed E-state index contributed by atoms with van der Waals surface area (Å²) in [6.45, 7) is 0.691. The van der Waals surface area contributed by atoms with E-state index in [0.29, 0.717) is 24.5 Å². The predicted octanol–water partition coefficient (Wildman–Crippen LogP) is 3.01. The van der Waals surface area contributed by atoms with Crippen molar-refractivity contribution in [2.24, 2.45) is 11.8 Å². The highest BCUT2D eigenvalue weighted by atomic mass is 16.7. The summed E-state index contributed by atoms with van der Waals surface area (Å²) < 4.78 is 26.8. The zero-order valence-electron chi connectivity index (χ0n) is 15.4. The van der Waals surface area contributed by atoms with E-state index in [2.05, 4.69) is 0 Å². The summed E-state index contributed by atoms with van der Waals surface area (Å²) in [5.41, 5.74) is 2.13. The van der Waals surface area contributed by atoms with Gasteiger partial charge < -0.3 is 23.7 Å². The Bertz CT molecular complexity index is 847. The number of esters is 1. The quantitative estimate of drug-likeness (QED) is 0.729. The number of hydrogen-bond acceptors (Lipinski definition) is 6. The highest BCUT2D eigenvalue weighted by Gasteiger charge is 2.37. The molecule has 0 N–H and O–H groups in total. The molecular formula is C21H22O6. The first-order valence-electron chi connectivity index (χ1n) is 8.94. The molecule has 2 aliphatic heterocycles. The first-order valence-corrected chi connectivity index (χ1v) is 8.94. The summed E-state index contributed by atoms with van der Waals surface area (Å²) in [5, 5.41) is 0. The minimum atomic E-state index is -0.187. The van der Waals surface area contributed by atoms with E-state index < -0.39 is 0 Å². The summed E-state index contributed by atoms with van der Waals surface area (Å²) in [7, 11) is 3.21. The molecule has 0 radical (unpaired) electrons. The van der Waals surface area contributed by atoms with Gasteiger partial charge in [0.1, 0.15) is 0 Å². The van der Waals surface area contributed by atoms with Crippen LogP contribution >= 0.6 is 0 Å². The van der Waals surface area contributed by atoms with Crippen LogP contribution in [-0.4, -0.2) is 33.6 Å². The van der Waals surface area contributed by atoms with Crippen LogP contribution < -0.4 is 18.9 Å². The number of hydrogen-bond donors (Lipinski definition) is 0.